The number of unbranched alkanes of at least 4 members (excludes halogenated alkanes) is 2. The van der Waals surface area contributed by atoms with Gasteiger partial charge < -0.3 is 4.74 Å². The Morgan fingerprint density at radius 3 is 2.28 bits per heavy atom. The first-order valence-corrected chi connectivity index (χ1v) is 6.55. The summed E-state index contributed by atoms with van der Waals surface area (Å²) in [6.07, 6.45) is 8.40. The number of esters is 1. The van der Waals surface area contributed by atoms with Gasteiger partial charge in [0, 0.05) is 6.92 Å². The topological polar surface area (TPSA) is 26.3 Å². The summed E-state index contributed by atoms with van der Waals surface area (Å²) in [6, 6.07) is 0. The van der Waals surface area contributed by atoms with Gasteiger partial charge in [-0.25, -0.2) is 0 Å². The van der Waals surface area contributed by atoms with Crippen LogP contribution in [0.15, 0.2) is 35.5 Å². The van der Waals surface area contributed by atoms with E-state index in [0.717, 1.165) is 31.3 Å². The molecule has 0 aromatic heterocycles. The SMILES string of the molecule is C=C(C)C(=CCCCCOC(C)=O)CC=C(C)C. The standard InChI is InChI=1S/C16H26O2/c1-13(2)10-11-16(14(3)4)9-7-6-8-12-18-15(5)17/h9-10H,3,6-8,11-12H2,1-2,4-5H3. The fourth-order valence-electron chi connectivity index (χ4n) is 1.48. The van der Waals surface area contributed by atoms with Crippen molar-refractivity contribution in [2.24, 2.45) is 0 Å². The summed E-state index contributed by atoms with van der Waals surface area (Å²) in [6.45, 7) is 12.2. The monoisotopic (exact) mass is 250 g/mol. The number of hydrogen-bond donors (Lipinski definition) is 0. The molecule has 0 radical (unpaired) electrons. The molecule has 0 spiro atoms. The van der Waals surface area contributed by atoms with E-state index < -0.39 is 0 Å². The Balaban J connectivity index is 3.98. The molecule has 0 rings (SSSR count). The van der Waals surface area contributed by atoms with Crippen molar-refractivity contribution >= 4 is 5.97 Å². The molecule has 2 nitrogen and oxygen atoms in total. The van der Waals surface area contributed by atoms with E-state index in [9.17, 15) is 4.79 Å². The molecule has 0 amide bonds. The highest BCUT2D eigenvalue weighted by Gasteiger charge is 1.97. The van der Waals surface area contributed by atoms with Crippen LogP contribution in [0.5, 0.6) is 0 Å². The van der Waals surface area contributed by atoms with Crippen molar-refractivity contribution in [2.75, 3.05) is 6.61 Å². The number of hydrogen-bond acceptors (Lipinski definition) is 2. The second-order valence-electron chi connectivity index (χ2n) is 4.83. The van der Waals surface area contributed by atoms with E-state index in [-0.39, 0.29) is 5.97 Å². The van der Waals surface area contributed by atoms with Crippen LogP contribution in [-0.2, 0) is 9.53 Å². The Bertz CT molecular complexity index is 331. The maximum atomic E-state index is 10.6. The number of ether oxygens (including phenoxy) is 1. The molecule has 0 aliphatic carbocycles. The van der Waals surface area contributed by atoms with Gasteiger partial charge in [-0.15, -0.1) is 0 Å². The summed E-state index contributed by atoms with van der Waals surface area (Å²) in [4.78, 5) is 10.6. The zero-order valence-corrected chi connectivity index (χ0v) is 12.2. The summed E-state index contributed by atoms with van der Waals surface area (Å²) in [7, 11) is 0. The van der Waals surface area contributed by atoms with E-state index in [0.29, 0.717) is 6.61 Å². The van der Waals surface area contributed by atoms with Crippen LogP contribution in [0.4, 0.5) is 0 Å². The van der Waals surface area contributed by atoms with Crippen LogP contribution in [0.2, 0.25) is 0 Å². The molecule has 0 heterocycles. The lowest BCUT2D eigenvalue weighted by atomic mass is 10.0. The van der Waals surface area contributed by atoms with Gasteiger partial charge in [0.15, 0.2) is 0 Å². The third-order valence-corrected chi connectivity index (χ3v) is 2.57. The van der Waals surface area contributed by atoms with E-state index in [2.05, 4.69) is 32.6 Å². The van der Waals surface area contributed by atoms with Gasteiger partial charge in [-0.1, -0.05) is 29.9 Å². The van der Waals surface area contributed by atoms with E-state index in [1.807, 2.05) is 6.92 Å². The minimum Gasteiger partial charge on any atom is -0.466 e. The molecule has 0 N–H and O–H groups in total. The average Bonchev–Trinajstić information content (AvgIpc) is 2.25. The molecule has 0 saturated carbocycles. The highest BCUT2D eigenvalue weighted by molar-refractivity contribution is 5.65. The summed E-state index contributed by atoms with van der Waals surface area (Å²) in [5, 5.41) is 0. The highest BCUT2D eigenvalue weighted by Crippen LogP contribution is 2.15. The first-order chi connectivity index (χ1) is 8.43. The minimum absolute atomic E-state index is 0.197. The fourth-order valence-corrected chi connectivity index (χ4v) is 1.48. The maximum Gasteiger partial charge on any atom is 0.302 e. The second-order valence-corrected chi connectivity index (χ2v) is 4.83. The summed E-state index contributed by atoms with van der Waals surface area (Å²) in [5.74, 6) is -0.197. The zero-order chi connectivity index (χ0) is 14.0. The van der Waals surface area contributed by atoms with Crippen LogP contribution in [0, 0.1) is 0 Å². The highest BCUT2D eigenvalue weighted by atomic mass is 16.5. The van der Waals surface area contributed by atoms with Crippen molar-refractivity contribution in [2.45, 2.75) is 53.4 Å². The lowest BCUT2D eigenvalue weighted by Gasteiger charge is -2.05. The molecule has 0 aromatic rings. The summed E-state index contributed by atoms with van der Waals surface area (Å²) < 4.78 is 4.89. The molecule has 18 heavy (non-hydrogen) atoms. The molecular weight excluding hydrogens is 224 g/mol. The lowest BCUT2D eigenvalue weighted by molar-refractivity contribution is -0.141. The van der Waals surface area contributed by atoms with Gasteiger partial charge in [0.05, 0.1) is 6.61 Å². The molecule has 0 saturated heterocycles. The van der Waals surface area contributed by atoms with Crippen LogP contribution in [-0.4, -0.2) is 12.6 Å². The van der Waals surface area contributed by atoms with Crippen molar-refractivity contribution in [1.29, 1.82) is 0 Å². The summed E-state index contributed by atoms with van der Waals surface area (Å²) >= 11 is 0. The molecule has 0 bridgehead atoms. The van der Waals surface area contributed by atoms with Gasteiger partial charge >= 0.3 is 5.97 Å². The van der Waals surface area contributed by atoms with Crippen molar-refractivity contribution in [1.82, 2.24) is 0 Å². The summed E-state index contributed by atoms with van der Waals surface area (Å²) in [5.41, 5.74) is 3.77. The second kappa shape index (κ2) is 9.69. The largest absolute Gasteiger partial charge is 0.466 e. The van der Waals surface area contributed by atoms with Gasteiger partial charge in [0.25, 0.3) is 0 Å². The van der Waals surface area contributed by atoms with Crippen LogP contribution in [0.3, 0.4) is 0 Å². The molecule has 0 atom stereocenters. The Morgan fingerprint density at radius 2 is 1.78 bits per heavy atom. The smallest absolute Gasteiger partial charge is 0.302 e. The first kappa shape index (κ1) is 16.7. The zero-order valence-electron chi connectivity index (χ0n) is 12.2. The van der Waals surface area contributed by atoms with Crippen LogP contribution in [0.25, 0.3) is 0 Å². The van der Waals surface area contributed by atoms with Crippen molar-refractivity contribution < 1.29 is 9.53 Å². The van der Waals surface area contributed by atoms with Gasteiger partial charge in [-0.05, 0) is 52.0 Å². The van der Waals surface area contributed by atoms with Crippen LogP contribution >= 0.6 is 0 Å². The van der Waals surface area contributed by atoms with E-state index in [1.165, 1.54) is 18.1 Å². The quantitative estimate of drug-likeness (QED) is 0.273. The number of carbonyl (C=O) groups excluding carboxylic acids is 1. The van der Waals surface area contributed by atoms with E-state index in [4.69, 9.17) is 4.74 Å². The Morgan fingerprint density at radius 1 is 1.11 bits per heavy atom. The van der Waals surface area contributed by atoms with Gasteiger partial charge in [-0.3, -0.25) is 4.79 Å². The van der Waals surface area contributed by atoms with E-state index >= 15 is 0 Å². The molecule has 0 aromatic carbocycles. The Hall–Kier alpha value is -1.31. The van der Waals surface area contributed by atoms with Crippen molar-refractivity contribution in [3.8, 4) is 0 Å². The van der Waals surface area contributed by atoms with Gasteiger partial charge in [0.2, 0.25) is 0 Å². The van der Waals surface area contributed by atoms with Gasteiger partial charge in [-0.2, -0.15) is 0 Å². The molecule has 102 valence electrons. The van der Waals surface area contributed by atoms with Gasteiger partial charge in [0.1, 0.15) is 0 Å². The number of allylic oxidation sites excluding steroid dienone is 5. The molecule has 0 aliphatic rings. The molecule has 0 unspecified atom stereocenters. The predicted molar refractivity (Wildman–Crippen MR) is 77.4 cm³/mol. The molecule has 2 heteroatoms. The van der Waals surface area contributed by atoms with Crippen LogP contribution < -0.4 is 0 Å². The fraction of sp³-hybridized carbons (Fsp3) is 0.562. The lowest BCUT2D eigenvalue weighted by Crippen LogP contribution is -1.99. The number of rotatable bonds is 8. The first-order valence-electron chi connectivity index (χ1n) is 6.55. The maximum absolute atomic E-state index is 10.6. The Kier molecular flexibility index (Phi) is 8.99. The Labute approximate surface area is 111 Å². The van der Waals surface area contributed by atoms with Crippen molar-refractivity contribution in [3.05, 3.63) is 35.5 Å². The third kappa shape index (κ3) is 9.88. The minimum atomic E-state index is -0.197. The van der Waals surface area contributed by atoms with Crippen LogP contribution in [0.1, 0.15) is 53.4 Å². The molecule has 0 fully saturated rings. The number of carbonyl (C=O) groups is 1. The third-order valence-electron chi connectivity index (χ3n) is 2.57. The van der Waals surface area contributed by atoms with Crippen molar-refractivity contribution in [3.63, 3.8) is 0 Å². The molecule has 0 aliphatic heterocycles. The molecular formula is C16H26O2. The van der Waals surface area contributed by atoms with E-state index in [1.54, 1.807) is 0 Å². The average molecular weight is 250 g/mol. The predicted octanol–water partition coefficient (Wildman–Crippen LogP) is 4.58. The normalized spacial score (nSPS) is 11.0.